The lowest BCUT2D eigenvalue weighted by atomic mass is 10.1. The van der Waals surface area contributed by atoms with Crippen LogP contribution >= 0.6 is 0 Å². The Kier molecular flexibility index (Phi) is 20.7. The molecule has 5 aromatic rings. The number of hydrogen-bond donors (Lipinski definition) is 0. The third-order valence-corrected chi connectivity index (χ3v) is 10.2. The number of anilines is 2. The molecular formula is C51H61N5O12. The van der Waals surface area contributed by atoms with Gasteiger partial charge in [-0.3, -0.25) is 9.80 Å². The summed E-state index contributed by atoms with van der Waals surface area (Å²) in [6.45, 7) is 1.27. The number of carbonyl (C=O) groups is 4. The van der Waals surface area contributed by atoms with Gasteiger partial charge in [-0.25, -0.2) is 24.2 Å². The number of methoxy groups -OCH3 is 2. The standard InChI is InChI=1S/C51H61N5O12/c1-53(2)42-18-10-38(11-19-42)34-55(36-40-14-22-44(61-5)23-15-40)50(59)67-32-28-63-26-30-65-48(57)46-8-7-9-47(52-46)49(58)66-31-27-64-29-33-68-51(60)56(37-41-16-24-45(62-6)25-17-41)35-39-12-20-43(21-13-39)54(3)4/h7-25H,26-37H2,1-6H3. The molecule has 0 radical (unpaired) electrons. The second-order valence-corrected chi connectivity index (χ2v) is 15.7. The average Bonchev–Trinajstić information content (AvgIpc) is 3.35. The first-order valence-corrected chi connectivity index (χ1v) is 22.0. The Morgan fingerprint density at radius 3 is 1.03 bits per heavy atom. The van der Waals surface area contributed by atoms with Crippen molar-refractivity contribution in [2.45, 2.75) is 26.2 Å². The monoisotopic (exact) mass is 935 g/mol. The summed E-state index contributed by atoms with van der Waals surface area (Å²) in [4.78, 5) is 63.1. The zero-order valence-electron chi connectivity index (χ0n) is 39.6. The minimum atomic E-state index is -0.759. The summed E-state index contributed by atoms with van der Waals surface area (Å²) in [7, 11) is 11.0. The maximum Gasteiger partial charge on any atom is 0.410 e. The molecule has 17 heteroatoms. The lowest BCUT2D eigenvalue weighted by Gasteiger charge is -2.23. The van der Waals surface area contributed by atoms with Crippen LogP contribution in [0, 0.1) is 0 Å². The van der Waals surface area contributed by atoms with Gasteiger partial charge < -0.3 is 47.7 Å². The SMILES string of the molecule is COc1ccc(CN(Cc2ccc(N(C)C)cc2)C(=O)OCCOCCOC(=O)c2cccc(C(=O)OCCOCCOC(=O)N(Cc3ccc(OC)cc3)Cc3ccc(N(C)C)cc3)n2)cc1. The predicted octanol–water partition coefficient (Wildman–Crippen LogP) is 7.26. The molecule has 0 aliphatic carbocycles. The fourth-order valence-corrected chi connectivity index (χ4v) is 6.47. The number of carbonyl (C=O) groups excluding carboxylic acids is 4. The molecule has 1 aromatic heterocycles. The van der Waals surface area contributed by atoms with Crippen LogP contribution in [0.15, 0.2) is 115 Å². The first-order valence-electron chi connectivity index (χ1n) is 22.0. The normalized spacial score (nSPS) is 10.7. The van der Waals surface area contributed by atoms with Crippen molar-refractivity contribution in [1.29, 1.82) is 0 Å². The van der Waals surface area contributed by atoms with Crippen LogP contribution in [0.5, 0.6) is 11.5 Å². The Morgan fingerprint density at radius 2 is 0.721 bits per heavy atom. The van der Waals surface area contributed by atoms with Gasteiger partial charge in [0.05, 0.1) is 40.6 Å². The van der Waals surface area contributed by atoms with Gasteiger partial charge in [0, 0.05) is 65.7 Å². The molecule has 17 nitrogen and oxygen atoms in total. The number of aromatic nitrogens is 1. The van der Waals surface area contributed by atoms with E-state index in [2.05, 4.69) is 4.98 Å². The molecule has 1 heterocycles. The Hall–Kier alpha value is -7.37. The third-order valence-electron chi connectivity index (χ3n) is 10.2. The van der Waals surface area contributed by atoms with Gasteiger partial charge in [0.25, 0.3) is 0 Å². The third kappa shape index (κ3) is 17.1. The van der Waals surface area contributed by atoms with Gasteiger partial charge in [-0.1, -0.05) is 54.6 Å². The second kappa shape index (κ2) is 27.3. The van der Waals surface area contributed by atoms with Crippen LogP contribution in [-0.2, 0) is 54.6 Å². The Balaban J connectivity index is 0.975. The van der Waals surface area contributed by atoms with Crippen LogP contribution in [-0.4, -0.2) is 134 Å². The summed E-state index contributed by atoms with van der Waals surface area (Å²) in [5, 5.41) is 0. The van der Waals surface area contributed by atoms with E-state index >= 15 is 0 Å². The zero-order valence-corrected chi connectivity index (χ0v) is 39.6. The molecule has 2 amide bonds. The molecule has 0 spiro atoms. The largest absolute Gasteiger partial charge is 0.497 e. The summed E-state index contributed by atoms with van der Waals surface area (Å²) in [5.41, 5.74) is 5.61. The van der Waals surface area contributed by atoms with Gasteiger partial charge in [-0.15, -0.1) is 0 Å². The molecule has 0 N–H and O–H groups in total. The van der Waals surface area contributed by atoms with Crippen LogP contribution < -0.4 is 19.3 Å². The first kappa shape index (κ1) is 51.6. The number of pyridine rings is 1. The molecule has 0 saturated carbocycles. The quantitative estimate of drug-likeness (QED) is 0.0309. The Bertz CT molecular complexity index is 2170. The van der Waals surface area contributed by atoms with Gasteiger partial charge in [-0.05, 0) is 82.9 Å². The Morgan fingerprint density at radius 1 is 0.412 bits per heavy atom. The molecule has 68 heavy (non-hydrogen) atoms. The summed E-state index contributed by atoms with van der Waals surface area (Å²) in [6.07, 6.45) is -1.02. The topological polar surface area (TPSA) is 168 Å². The number of hydrogen-bond acceptors (Lipinski definition) is 15. The molecule has 362 valence electrons. The molecule has 0 fully saturated rings. The highest BCUT2D eigenvalue weighted by Gasteiger charge is 2.19. The number of esters is 2. The zero-order chi connectivity index (χ0) is 48.7. The minimum absolute atomic E-state index is 0.0198. The minimum Gasteiger partial charge on any atom is -0.497 e. The van der Waals surface area contributed by atoms with Gasteiger partial charge >= 0.3 is 24.1 Å². The molecule has 0 aliphatic heterocycles. The van der Waals surface area contributed by atoms with E-state index in [0.29, 0.717) is 37.7 Å². The lowest BCUT2D eigenvalue weighted by molar-refractivity contribution is 0.0187. The summed E-state index contributed by atoms with van der Waals surface area (Å²) < 4.78 is 43.2. The van der Waals surface area contributed by atoms with E-state index in [1.807, 2.05) is 135 Å². The maximum atomic E-state index is 13.2. The molecule has 5 rings (SSSR count). The van der Waals surface area contributed by atoms with Crippen LogP contribution in [0.2, 0.25) is 0 Å². The maximum absolute atomic E-state index is 13.2. The fraction of sp³-hybridized carbons (Fsp3) is 0.353. The van der Waals surface area contributed by atoms with Crippen molar-refractivity contribution in [1.82, 2.24) is 14.8 Å². The van der Waals surface area contributed by atoms with E-state index in [4.69, 9.17) is 37.9 Å². The second-order valence-electron chi connectivity index (χ2n) is 15.7. The van der Waals surface area contributed by atoms with Crippen molar-refractivity contribution in [2.24, 2.45) is 0 Å². The number of benzene rings is 4. The number of amides is 2. The molecule has 0 saturated heterocycles. The van der Waals surface area contributed by atoms with E-state index in [9.17, 15) is 19.2 Å². The number of rotatable bonds is 26. The first-order chi connectivity index (χ1) is 32.9. The molecule has 0 bridgehead atoms. The molecule has 0 atom stereocenters. The highest BCUT2D eigenvalue weighted by atomic mass is 16.6. The van der Waals surface area contributed by atoms with Crippen LogP contribution in [0.3, 0.4) is 0 Å². The van der Waals surface area contributed by atoms with Crippen molar-refractivity contribution in [3.8, 4) is 11.5 Å². The van der Waals surface area contributed by atoms with Gasteiger partial charge in [0.1, 0.15) is 49.3 Å². The number of nitrogens with zero attached hydrogens (tertiary/aromatic N) is 5. The summed E-state index contributed by atoms with van der Waals surface area (Å²) in [6, 6.07) is 35.1. The molecule has 0 aliphatic rings. The molecule has 0 unspecified atom stereocenters. The highest BCUT2D eigenvalue weighted by molar-refractivity contribution is 5.91. The van der Waals surface area contributed by atoms with E-state index in [1.165, 1.54) is 18.2 Å². The van der Waals surface area contributed by atoms with E-state index < -0.39 is 24.1 Å². The van der Waals surface area contributed by atoms with Crippen LogP contribution in [0.25, 0.3) is 0 Å². The van der Waals surface area contributed by atoms with Crippen molar-refractivity contribution >= 4 is 35.5 Å². The van der Waals surface area contributed by atoms with E-state index in [-0.39, 0.29) is 64.2 Å². The van der Waals surface area contributed by atoms with E-state index in [1.54, 1.807) is 24.0 Å². The summed E-state index contributed by atoms with van der Waals surface area (Å²) in [5.74, 6) is -0.0862. The van der Waals surface area contributed by atoms with Crippen LogP contribution in [0.1, 0.15) is 43.2 Å². The van der Waals surface area contributed by atoms with Crippen molar-refractivity contribution in [2.75, 3.05) is 105 Å². The summed E-state index contributed by atoms with van der Waals surface area (Å²) >= 11 is 0. The molecular weight excluding hydrogens is 875 g/mol. The van der Waals surface area contributed by atoms with Crippen molar-refractivity contribution in [3.63, 3.8) is 0 Å². The van der Waals surface area contributed by atoms with Gasteiger partial charge in [0.2, 0.25) is 0 Å². The Labute approximate surface area is 398 Å². The smallest absolute Gasteiger partial charge is 0.410 e. The molecule has 4 aromatic carbocycles. The lowest BCUT2D eigenvalue weighted by Crippen LogP contribution is -2.31. The van der Waals surface area contributed by atoms with Gasteiger partial charge in [-0.2, -0.15) is 0 Å². The van der Waals surface area contributed by atoms with Crippen molar-refractivity contribution in [3.05, 3.63) is 149 Å². The number of ether oxygens (including phenoxy) is 8. The predicted molar refractivity (Wildman–Crippen MR) is 255 cm³/mol. The average molecular weight is 936 g/mol. The van der Waals surface area contributed by atoms with Gasteiger partial charge in [0.15, 0.2) is 0 Å². The fourth-order valence-electron chi connectivity index (χ4n) is 6.47. The van der Waals surface area contributed by atoms with Crippen LogP contribution in [0.4, 0.5) is 21.0 Å². The van der Waals surface area contributed by atoms with Crippen molar-refractivity contribution < 1.29 is 57.1 Å². The highest BCUT2D eigenvalue weighted by Crippen LogP contribution is 2.20. The van der Waals surface area contributed by atoms with E-state index in [0.717, 1.165) is 33.6 Å².